The number of esters is 1. The Balaban J connectivity index is 1.78. The van der Waals surface area contributed by atoms with Gasteiger partial charge in [0.1, 0.15) is 5.69 Å². The normalized spacial score (nSPS) is 15.5. The number of piperidine rings is 1. The Bertz CT molecular complexity index is 889. The first-order chi connectivity index (χ1) is 13.2. The number of hydrogen-bond donors (Lipinski definition) is 0. The molecule has 2 heterocycles. The van der Waals surface area contributed by atoms with E-state index in [2.05, 4.69) is 9.84 Å². The Kier molecular flexibility index (Phi) is 5.25. The van der Waals surface area contributed by atoms with Crippen molar-refractivity contribution in [2.75, 3.05) is 25.1 Å². The lowest BCUT2D eigenvalue weighted by Crippen LogP contribution is -2.35. The van der Waals surface area contributed by atoms with Gasteiger partial charge < -0.3 is 9.64 Å². The van der Waals surface area contributed by atoms with Crippen molar-refractivity contribution in [3.05, 3.63) is 51.8 Å². The van der Waals surface area contributed by atoms with Crippen molar-refractivity contribution in [1.82, 2.24) is 9.78 Å². The fraction of sp³-hybridized carbons (Fsp3) is 0.412. The van der Waals surface area contributed by atoms with Gasteiger partial charge in [0.05, 0.1) is 23.6 Å². The summed E-state index contributed by atoms with van der Waals surface area (Å²) in [4.78, 5) is 24.3. The number of rotatable bonds is 4. The first kappa shape index (κ1) is 19.6. The smallest absolute Gasteiger partial charge is 0.435 e. The molecule has 2 aromatic rings. The van der Waals surface area contributed by atoms with Crippen LogP contribution in [0.15, 0.2) is 30.5 Å². The van der Waals surface area contributed by atoms with Crippen LogP contribution >= 0.6 is 0 Å². The summed E-state index contributed by atoms with van der Waals surface area (Å²) in [6.07, 6.45) is -2.29. The van der Waals surface area contributed by atoms with E-state index in [4.69, 9.17) is 0 Å². The molecule has 3 rings (SSSR count). The van der Waals surface area contributed by atoms with E-state index >= 15 is 0 Å². The van der Waals surface area contributed by atoms with Crippen LogP contribution in [0.2, 0.25) is 0 Å². The van der Waals surface area contributed by atoms with Crippen molar-refractivity contribution >= 4 is 17.3 Å². The van der Waals surface area contributed by atoms with Crippen LogP contribution in [0.5, 0.6) is 0 Å². The van der Waals surface area contributed by atoms with Crippen LogP contribution in [-0.2, 0) is 10.9 Å². The molecule has 1 aromatic carbocycles. The number of hydrogen-bond acceptors (Lipinski definition) is 6. The maximum absolute atomic E-state index is 12.7. The monoisotopic (exact) mass is 398 g/mol. The van der Waals surface area contributed by atoms with E-state index in [1.807, 2.05) is 0 Å². The molecule has 1 aliphatic heterocycles. The lowest BCUT2D eigenvalue weighted by molar-refractivity contribution is -0.384. The summed E-state index contributed by atoms with van der Waals surface area (Å²) in [5.74, 6) is -0.609. The molecular weight excluding hydrogens is 381 g/mol. The predicted molar refractivity (Wildman–Crippen MR) is 92.1 cm³/mol. The van der Waals surface area contributed by atoms with Crippen molar-refractivity contribution in [2.24, 2.45) is 0 Å². The van der Waals surface area contributed by atoms with Gasteiger partial charge in [-0.25, -0.2) is 4.79 Å². The van der Waals surface area contributed by atoms with Crippen LogP contribution in [0.25, 0.3) is 0 Å². The van der Waals surface area contributed by atoms with Crippen molar-refractivity contribution in [2.45, 2.75) is 25.1 Å². The standard InChI is InChI=1S/C17H17F3N4O4/c1-28-16(25)11-2-3-13(24(26)27)14(10-11)22-7-4-12(5-8-22)23-9-6-15(21-23)17(18,19)20/h2-3,6,9-10,12H,4-5,7-8H2,1H3. The Morgan fingerprint density at radius 3 is 2.50 bits per heavy atom. The second kappa shape index (κ2) is 7.49. The average Bonchev–Trinajstić information content (AvgIpc) is 3.17. The molecule has 11 heteroatoms. The summed E-state index contributed by atoms with van der Waals surface area (Å²) in [6, 6.07) is 4.66. The summed E-state index contributed by atoms with van der Waals surface area (Å²) in [6.45, 7) is 0.745. The van der Waals surface area contributed by atoms with Gasteiger partial charge in [-0.05, 0) is 31.0 Å². The van der Waals surface area contributed by atoms with E-state index in [0.717, 1.165) is 6.07 Å². The SMILES string of the molecule is COC(=O)c1ccc([N+](=O)[O-])c(N2CCC(n3ccc(C(F)(F)F)n3)CC2)c1. The number of aromatic nitrogens is 2. The van der Waals surface area contributed by atoms with Gasteiger partial charge >= 0.3 is 12.1 Å². The number of nitro groups is 1. The minimum absolute atomic E-state index is 0.149. The molecule has 0 N–H and O–H groups in total. The minimum Gasteiger partial charge on any atom is -0.465 e. The maximum atomic E-state index is 12.7. The van der Waals surface area contributed by atoms with E-state index in [0.29, 0.717) is 25.9 Å². The fourth-order valence-corrected chi connectivity index (χ4v) is 3.24. The van der Waals surface area contributed by atoms with Gasteiger partial charge in [-0.1, -0.05) is 0 Å². The van der Waals surface area contributed by atoms with Gasteiger partial charge in [0.2, 0.25) is 0 Å². The minimum atomic E-state index is -4.50. The second-order valence-corrected chi connectivity index (χ2v) is 6.35. The van der Waals surface area contributed by atoms with E-state index in [1.165, 1.54) is 36.2 Å². The number of ether oxygens (including phenoxy) is 1. The van der Waals surface area contributed by atoms with Gasteiger partial charge in [0, 0.05) is 25.4 Å². The molecule has 0 aliphatic carbocycles. The summed E-state index contributed by atoms with van der Waals surface area (Å²) in [5, 5.41) is 14.9. The molecule has 0 saturated carbocycles. The highest BCUT2D eigenvalue weighted by molar-refractivity contribution is 5.91. The van der Waals surface area contributed by atoms with Gasteiger partial charge in [0.15, 0.2) is 5.69 Å². The zero-order chi connectivity index (χ0) is 20.5. The average molecular weight is 398 g/mol. The molecule has 1 fully saturated rings. The zero-order valence-corrected chi connectivity index (χ0v) is 14.8. The molecule has 0 bridgehead atoms. The molecule has 1 aliphatic rings. The molecule has 0 radical (unpaired) electrons. The highest BCUT2D eigenvalue weighted by atomic mass is 19.4. The third-order valence-electron chi connectivity index (χ3n) is 4.67. The van der Waals surface area contributed by atoms with E-state index in [-0.39, 0.29) is 23.0 Å². The predicted octanol–water partition coefficient (Wildman–Crippen LogP) is 3.44. The van der Waals surface area contributed by atoms with Crippen LogP contribution in [-0.4, -0.2) is 40.9 Å². The molecule has 28 heavy (non-hydrogen) atoms. The van der Waals surface area contributed by atoms with Crippen molar-refractivity contribution in [1.29, 1.82) is 0 Å². The molecule has 0 spiro atoms. The third-order valence-corrected chi connectivity index (χ3v) is 4.67. The Hall–Kier alpha value is -3.11. The van der Waals surface area contributed by atoms with Gasteiger partial charge in [0.25, 0.3) is 5.69 Å². The Morgan fingerprint density at radius 1 is 1.29 bits per heavy atom. The summed E-state index contributed by atoms with van der Waals surface area (Å²) in [5.41, 5.74) is -0.629. The molecule has 0 unspecified atom stereocenters. The Labute approximate surface area is 157 Å². The zero-order valence-electron chi connectivity index (χ0n) is 14.8. The number of methoxy groups -OCH3 is 1. The Morgan fingerprint density at radius 2 is 1.96 bits per heavy atom. The highest BCUT2D eigenvalue weighted by Gasteiger charge is 2.34. The van der Waals surface area contributed by atoms with Crippen LogP contribution in [0.4, 0.5) is 24.5 Å². The lowest BCUT2D eigenvalue weighted by Gasteiger charge is -2.33. The van der Waals surface area contributed by atoms with Crippen LogP contribution in [0.3, 0.4) is 0 Å². The topological polar surface area (TPSA) is 90.5 Å². The second-order valence-electron chi connectivity index (χ2n) is 6.35. The number of benzene rings is 1. The molecule has 1 saturated heterocycles. The van der Waals surface area contributed by atoms with E-state index in [1.54, 1.807) is 4.90 Å². The highest BCUT2D eigenvalue weighted by Crippen LogP contribution is 2.34. The van der Waals surface area contributed by atoms with Crippen LogP contribution in [0.1, 0.15) is 34.9 Å². The summed E-state index contributed by atoms with van der Waals surface area (Å²) in [7, 11) is 1.22. The van der Waals surface area contributed by atoms with E-state index < -0.39 is 22.8 Å². The molecule has 1 aromatic heterocycles. The van der Waals surface area contributed by atoms with Crippen molar-refractivity contribution < 1.29 is 27.6 Å². The van der Waals surface area contributed by atoms with Crippen molar-refractivity contribution in [3.8, 4) is 0 Å². The molecule has 150 valence electrons. The molecule has 0 amide bonds. The third kappa shape index (κ3) is 3.92. The number of carbonyl (C=O) groups is 1. The van der Waals surface area contributed by atoms with Gasteiger partial charge in [-0.3, -0.25) is 14.8 Å². The quantitative estimate of drug-likeness (QED) is 0.445. The first-order valence-electron chi connectivity index (χ1n) is 8.44. The number of alkyl halides is 3. The number of halogens is 3. The largest absolute Gasteiger partial charge is 0.465 e. The van der Waals surface area contributed by atoms with Crippen LogP contribution in [0, 0.1) is 10.1 Å². The number of carbonyl (C=O) groups excluding carboxylic acids is 1. The molecule has 0 atom stereocenters. The number of anilines is 1. The van der Waals surface area contributed by atoms with Gasteiger partial charge in [-0.2, -0.15) is 18.3 Å². The maximum Gasteiger partial charge on any atom is 0.435 e. The number of nitrogens with zero attached hydrogens (tertiary/aromatic N) is 4. The van der Waals surface area contributed by atoms with Crippen LogP contribution < -0.4 is 4.90 Å². The van der Waals surface area contributed by atoms with Gasteiger partial charge in [-0.15, -0.1) is 0 Å². The molecule has 8 nitrogen and oxygen atoms in total. The summed E-state index contributed by atoms with van der Waals surface area (Å²) >= 11 is 0. The van der Waals surface area contributed by atoms with Crippen molar-refractivity contribution in [3.63, 3.8) is 0 Å². The summed E-state index contributed by atoms with van der Waals surface area (Å²) < 4.78 is 44.1. The lowest BCUT2D eigenvalue weighted by atomic mass is 10.0. The fourth-order valence-electron chi connectivity index (χ4n) is 3.24. The molecular formula is C17H17F3N4O4. The number of nitro benzene ring substituents is 1. The first-order valence-corrected chi connectivity index (χ1v) is 8.44. The van der Waals surface area contributed by atoms with E-state index in [9.17, 15) is 28.1 Å².